The Labute approximate surface area is 423 Å². The molecule has 0 bridgehead atoms. The monoisotopic (exact) mass is 1030 g/mol. The van der Waals surface area contributed by atoms with Crippen molar-refractivity contribution in [3.05, 3.63) is 83.6 Å². The maximum absolute atomic E-state index is 16.0. The lowest BCUT2D eigenvalue weighted by atomic mass is 9.84. The quantitative estimate of drug-likeness (QED) is 0.0398. The Balaban J connectivity index is 0.718. The normalized spacial score (nSPS) is 20.1. The zero-order chi connectivity index (χ0) is 52.3. The van der Waals surface area contributed by atoms with Gasteiger partial charge in [0.2, 0.25) is 17.7 Å². The first kappa shape index (κ1) is 51.8. The number of ether oxygens (including phenoxy) is 1. The number of fused-ring (bicyclic) bond motifs is 2. The molecular weight excluding hydrogens is 969 g/mol. The van der Waals surface area contributed by atoms with Crippen LogP contribution in [-0.4, -0.2) is 132 Å². The maximum Gasteiger partial charge on any atom is 0.265 e. The highest BCUT2D eigenvalue weighted by Gasteiger charge is 2.45. The van der Waals surface area contributed by atoms with Crippen molar-refractivity contribution < 1.29 is 51.4 Å². The molecule has 3 atom stereocenters. The Hall–Kier alpha value is -7.11. The second-order valence-corrected chi connectivity index (χ2v) is 19.6. The van der Waals surface area contributed by atoms with Gasteiger partial charge in [0.15, 0.2) is 23.0 Å². The summed E-state index contributed by atoms with van der Waals surface area (Å²) >= 11 is 0. The number of piperidine rings is 3. The first-order valence-corrected chi connectivity index (χ1v) is 25.0. The summed E-state index contributed by atoms with van der Waals surface area (Å²) in [6, 6.07) is 7.06. The topological polar surface area (TPSA) is 257 Å². The predicted molar refractivity (Wildman–Crippen MR) is 263 cm³/mol. The van der Waals surface area contributed by atoms with Crippen molar-refractivity contribution in [1.82, 2.24) is 39.6 Å². The van der Waals surface area contributed by atoms with E-state index in [1.54, 1.807) is 21.6 Å². The Kier molecular flexibility index (Phi) is 15.5. The molecular formula is C51H58F4N12O7. The summed E-state index contributed by atoms with van der Waals surface area (Å²) in [7, 11) is 0. The van der Waals surface area contributed by atoms with Crippen LogP contribution >= 0.6 is 0 Å². The van der Waals surface area contributed by atoms with Gasteiger partial charge in [-0.25, -0.2) is 32.5 Å². The standard InChI is InChI=1S/C51H58F4N12O7/c52-35-23-40(36(53)22-34(35)37-20-29(25-66-28-61-43-46(56)59-27-60-47(43)66)39(24-58-37)65-17-7-15-51(57,26-65)44(70)45(54)55)74-31-13-18-64(19-14-31)16-6-4-2-1-3-5-8-41(68)62-30-9-10-32-33(21-30)50(73)67(49(32)72)38-11-12-42(69)63-48(38)71/h9-10,20-24,27-28,31,38,44-45,70H,1-8,11-19,25-26,57H2,(H,62,68)(H2,56,59,60)(H,63,69,71)/t38?,44-,51-/m1/s1. The van der Waals surface area contributed by atoms with Gasteiger partial charge >= 0.3 is 0 Å². The van der Waals surface area contributed by atoms with Gasteiger partial charge in [0, 0.05) is 56.3 Å². The van der Waals surface area contributed by atoms with Crippen molar-refractivity contribution in [2.45, 2.75) is 120 Å². The van der Waals surface area contributed by atoms with Gasteiger partial charge in [-0.15, -0.1) is 0 Å². The van der Waals surface area contributed by atoms with Gasteiger partial charge in [0.05, 0.1) is 47.1 Å². The lowest BCUT2D eigenvalue weighted by molar-refractivity contribution is -0.136. The predicted octanol–water partition coefficient (Wildman–Crippen LogP) is 5.33. The number of nitrogen functional groups attached to an aromatic ring is 1. The van der Waals surface area contributed by atoms with E-state index in [-0.39, 0.29) is 84.7 Å². The molecule has 1 unspecified atom stereocenters. The SMILES string of the molecule is Nc1ncnc2c1ncn2Cc1cc(-c2cc(F)c(OC3CCN(CCCCCCCCC(=O)Nc4ccc5c(c4)C(=O)N(C4CCC(=O)NC4=O)C5=O)CC3)cc2F)ncc1N1CCC[C@](N)([C@H](O)C(F)F)C1. The highest BCUT2D eigenvalue weighted by Crippen LogP contribution is 2.36. The zero-order valence-electron chi connectivity index (χ0n) is 40.6. The summed E-state index contributed by atoms with van der Waals surface area (Å²) in [4.78, 5) is 84.8. The lowest BCUT2D eigenvalue weighted by Crippen LogP contribution is -2.63. The number of halogens is 4. The minimum absolute atomic E-state index is 0.0226. The Morgan fingerprint density at radius 1 is 0.892 bits per heavy atom. The van der Waals surface area contributed by atoms with E-state index in [1.807, 2.05) is 0 Å². The van der Waals surface area contributed by atoms with E-state index in [1.165, 1.54) is 31.0 Å². The van der Waals surface area contributed by atoms with Crippen molar-refractivity contribution in [2.75, 3.05) is 48.7 Å². The van der Waals surface area contributed by atoms with Gasteiger partial charge in [-0.2, -0.15) is 0 Å². The summed E-state index contributed by atoms with van der Waals surface area (Å²) in [5.74, 6) is -4.16. The molecule has 0 aliphatic carbocycles. The number of alkyl halides is 2. The number of anilines is 3. The lowest BCUT2D eigenvalue weighted by Gasteiger charge is -2.44. The van der Waals surface area contributed by atoms with Crippen LogP contribution in [0.2, 0.25) is 0 Å². The average molecular weight is 1030 g/mol. The van der Waals surface area contributed by atoms with E-state index < -0.39 is 59.4 Å². The van der Waals surface area contributed by atoms with Crippen LogP contribution in [0.4, 0.5) is 34.8 Å². The number of pyridine rings is 1. The number of imide groups is 2. The molecule has 0 saturated carbocycles. The van der Waals surface area contributed by atoms with Crippen LogP contribution in [-0.2, 0) is 20.9 Å². The van der Waals surface area contributed by atoms with Gasteiger partial charge in [0.1, 0.15) is 35.9 Å². The summed E-state index contributed by atoms with van der Waals surface area (Å²) in [6.07, 6.45) is 6.55. The first-order chi connectivity index (χ1) is 35.6. The fraction of sp³-hybridized carbons (Fsp3) is 0.471. The van der Waals surface area contributed by atoms with Crippen molar-refractivity contribution >= 4 is 57.9 Å². The number of aliphatic hydroxyl groups is 1. The molecule has 4 aliphatic rings. The summed E-state index contributed by atoms with van der Waals surface area (Å²) < 4.78 is 66.9. The van der Waals surface area contributed by atoms with Crippen LogP contribution in [0.5, 0.6) is 5.75 Å². The zero-order valence-corrected chi connectivity index (χ0v) is 40.6. The number of hydrogen-bond acceptors (Lipinski definition) is 15. The number of imidazole rings is 1. The molecule has 19 nitrogen and oxygen atoms in total. The van der Waals surface area contributed by atoms with E-state index in [0.717, 1.165) is 68.8 Å². The number of likely N-dealkylation sites (tertiary alicyclic amines) is 1. The van der Waals surface area contributed by atoms with Crippen molar-refractivity contribution in [3.8, 4) is 17.0 Å². The molecule has 3 saturated heterocycles. The number of carbonyl (C=O) groups excluding carboxylic acids is 5. The first-order valence-electron chi connectivity index (χ1n) is 25.0. The highest BCUT2D eigenvalue weighted by atomic mass is 19.3. The molecule has 0 radical (unpaired) electrons. The number of aromatic nitrogens is 5. The van der Waals surface area contributed by atoms with Crippen molar-refractivity contribution in [2.24, 2.45) is 5.73 Å². The molecule has 9 rings (SSSR count). The molecule has 2 aromatic carbocycles. The summed E-state index contributed by atoms with van der Waals surface area (Å²) in [6.45, 7) is 2.78. The molecule has 74 heavy (non-hydrogen) atoms. The van der Waals surface area contributed by atoms with Gasteiger partial charge in [-0.1, -0.05) is 25.7 Å². The molecule has 23 heteroatoms. The number of aliphatic hydroxyl groups excluding tert-OH is 1. The molecule has 4 aliphatic heterocycles. The van der Waals surface area contributed by atoms with Crippen molar-refractivity contribution in [1.29, 1.82) is 0 Å². The van der Waals surface area contributed by atoms with E-state index >= 15 is 8.78 Å². The number of hydrogen-bond donors (Lipinski definition) is 5. The van der Waals surface area contributed by atoms with Crippen LogP contribution < -0.4 is 31.7 Å². The number of nitrogens with zero attached hydrogens (tertiary/aromatic N) is 8. The van der Waals surface area contributed by atoms with Crippen LogP contribution in [0.25, 0.3) is 22.4 Å². The summed E-state index contributed by atoms with van der Waals surface area (Å²) in [5, 5.41) is 15.3. The molecule has 7 N–H and O–H groups in total. The third kappa shape index (κ3) is 11.2. The molecule has 392 valence electrons. The fourth-order valence-electron chi connectivity index (χ4n) is 10.4. The minimum atomic E-state index is -3.05. The second-order valence-electron chi connectivity index (χ2n) is 19.6. The van der Waals surface area contributed by atoms with E-state index in [0.29, 0.717) is 60.3 Å². The van der Waals surface area contributed by atoms with Gasteiger partial charge in [-0.3, -0.25) is 39.2 Å². The number of benzene rings is 2. The molecule has 0 spiro atoms. The number of rotatable bonds is 19. The van der Waals surface area contributed by atoms with Gasteiger partial charge < -0.3 is 41.0 Å². The molecule has 5 amide bonds. The average Bonchev–Trinajstić information content (AvgIpc) is 3.90. The number of carbonyl (C=O) groups is 5. The number of unbranched alkanes of at least 4 members (excludes halogenated alkanes) is 5. The number of nitrogens with two attached hydrogens (primary N) is 2. The van der Waals surface area contributed by atoms with Gasteiger partial charge in [-0.05, 0) is 87.4 Å². The maximum atomic E-state index is 16.0. The molecule has 5 aromatic rings. The van der Waals surface area contributed by atoms with E-state index in [4.69, 9.17) is 16.2 Å². The van der Waals surface area contributed by atoms with E-state index in [9.17, 15) is 37.9 Å². The Morgan fingerprint density at radius 2 is 1.65 bits per heavy atom. The van der Waals surface area contributed by atoms with Gasteiger partial charge in [0.25, 0.3) is 18.2 Å². The molecule has 3 aromatic heterocycles. The van der Waals surface area contributed by atoms with Crippen LogP contribution in [0.15, 0.2) is 55.2 Å². The fourth-order valence-corrected chi connectivity index (χ4v) is 10.4. The Bertz CT molecular complexity index is 2950. The van der Waals surface area contributed by atoms with E-state index in [2.05, 4.69) is 35.5 Å². The molecule has 7 heterocycles. The van der Waals surface area contributed by atoms with Crippen LogP contribution in [0.1, 0.15) is 110 Å². The third-order valence-electron chi connectivity index (χ3n) is 14.4. The number of amides is 5. The minimum Gasteiger partial charge on any atom is -0.487 e. The van der Waals surface area contributed by atoms with Crippen LogP contribution in [0.3, 0.4) is 0 Å². The third-order valence-corrected chi connectivity index (χ3v) is 14.4. The second kappa shape index (κ2) is 22.2. The number of nitrogens with one attached hydrogen (secondary N) is 2. The summed E-state index contributed by atoms with van der Waals surface area (Å²) in [5.41, 5.74) is 13.2. The largest absolute Gasteiger partial charge is 0.487 e. The highest BCUT2D eigenvalue weighted by molar-refractivity contribution is 6.24. The molecule has 3 fully saturated rings. The Morgan fingerprint density at radius 3 is 2.42 bits per heavy atom. The van der Waals surface area contributed by atoms with Crippen molar-refractivity contribution in [3.63, 3.8) is 0 Å². The smallest absolute Gasteiger partial charge is 0.265 e. The van der Waals surface area contributed by atoms with Crippen LogP contribution in [0, 0.1) is 11.6 Å².